The number of hydrogen-bond donors (Lipinski definition) is 3. The van der Waals surface area contributed by atoms with Crippen LogP contribution in [0.4, 0.5) is 5.69 Å². The maximum Gasteiger partial charge on any atom is 0.149 e. The summed E-state index contributed by atoms with van der Waals surface area (Å²) in [4.78, 5) is 2.26. The highest BCUT2D eigenvalue weighted by Crippen LogP contribution is 2.15. The number of nitriles is 1. The Morgan fingerprint density at radius 3 is 2.48 bits per heavy atom. The largest absolute Gasteiger partial charge is 0.356 e. The zero-order valence-electron chi connectivity index (χ0n) is 14.7. The van der Waals surface area contributed by atoms with Gasteiger partial charge in [0.25, 0.3) is 0 Å². The van der Waals surface area contributed by atoms with E-state index in [2.05, 4.69) is 53.6 Å². The molecule has 1 atom stereocenters. The Morgan fingerprint density at radius 1 is 1.20 bits per heavy atom. The maximum absolute atomic E-state index is 8.86. The average Bonchev–Trinajstić information content (AvgIpc) is 2.57. The van der Waals surface area contributed by atoms with Crippen LogP contribution in [-0.4, -0.2) is 29.5 Å². The summed E-state index contributed by atoms with van der Waals surface area (Å²) in [6.45, 7) is 6.50. The van der Waals surface area contributed by atoms with Gasteiger partial charge in [0.15, 0.2) is 0 Å². The van der Waals surface area contributed by atoms with E-state index in [1.807, 2.05) is 12.1 Å². The lowest BCUT2D eigenvalue weighted by Gasteiger charge is -2.40. The second-order valence-corrected chi connectivity index (χ2v) is 6.58. The Balaban J connectivity index is 1.57. The summed E-state index contributed by atoms with van der Waals surface area (Å²) in [5.41, 5.74) is 5.43. The molecule has 0 aliphatic carbocycles. The van der Waals surface area contributed by atoms with Crippen molar-refractivity contribution in [2.45, 2.75) is 26.7 Å². The third-order valence-corrected chi connectivity index (χ3v) is 4.21. The minimum absolute atomic E-state index is 0.150. The minimum Gasteiger partial charge on any atom is -0.356 e. The Bertz CT molecular complexity index is 744. The number of rotatable bonds is 4. The number of benzene rings is 2. The van der Waals surface area contributed by atoms with Gasteiger partial charge in [0.2, 0.25) is 0 Å². The predicted octanol–water partition coefficient (Wildman–Crippen LogP) is 2.07. The van der Waals surface area contributed by atoms with E-state index in [0.717, 1.165) is 18.9 Å². The zero-order chi connectivity index (χ0) is 17.8. The van der Waals surface area contributed by atoms with Gasteiger partial charge < -0.3 is 5.32 Å². The normalized spacial score (nSPS) is 18.7. The predicted molar refractivity (Wildman–Crippen MR) is 98.9 cm³/mol. The maximum atomic E-state index is 8.86. The van der Waals surface area contributed by atoms with Crippen LogP contribution in [0.3, 0.4) is 0 Å². The standard InChI is InChI=1S/C19H24N6/c1-14-7-15(2)9-17(8-14)11-24-12-22-19(25(21)13-24)23-18-5-3-16(10-20)4-6-18/h3-9,19,22-23H,11-13,21H2,1-2H3. The van der Waals surface area contributed by atoms with Gasteiger partial charge in [-0.15, -0.1) is 0 Å². The van der Waals surface area contributed by atoms with Crippen LogP contribution in [0.25, 0.3) is 0 Å². The molecule has 0 radical (unpaired) electrons. The van der Waals surface area contributed by atoms with E-state index >= 15 is 0 Å². The van der Waals surface area contributed by atoms with Crippen molar-refractivity contribution in [1.29, 1.82) is 5.26 Å². The van der Waals surface area contributed by atoms with Gasteiger partial charge in [0, 0.05) is 12.2 Å². The summed E-state index contributed by atoms with van der Waals surface area (Å²) in [6, 6.07) is 16.1. The van der Waals surface area contributed by atoms with Crippen LogP contribution < -0.4 is 16.5 Å². The van der Waals surface area contributed by atoms with Crippen LogP contribution in [0.15, 0.2) is 42.5 Å². The number of anilines is 1. The molecule has 1 heterocycles. The van der Waals surface area contributed by atoms with E-state index in [-0.39, 0.29) is 6.29 Å². The lowest BCUT2D eigenvalue weighted by molar-refractivity contribution is 0.0219. The van der Waals surface area contributed by atoms with Crippen LogP contribution in [0.5, 0.6) is 0 Å². The quantitative estimate of drug-likeness (QED) is 0.742. The Hall–Kier alpha value is -2.43. The molecule has 0 spiro atoms. The monoisotopic (exact) mass is 336 g/mol. The topological polar surface area (TPSA) is 80.3 Å². The Labute approximate surface area is 148 Å². The second kappa shape index (κ2) is 7.64. The highest BCUT2D eigenvalue weighted by Gasteiger charge is 2.23. The lowest BCUT2D eigenvalue weighted by atomic mass is 10.1. The molecule has 130 valence electrons. The summed E-state index contributed by atoms with van der Waals surface area (Å²) in [5, 5.41) is 17.3. The van der Waals surface area contributed by atoms with Gasteiger partial charge in [-0.3, -0.25) is 16.1 Å². The molecule has 6 nitrogen and oxygen atoms in total. The molecular weight excluding hydrogens is 312 g/mol. The summed E-state index contributed by atoms with van der Waals surface area (Å²) in [7, 11) is 0. The van der Waals surface area contributed by atoms with Crippen LogP contribution in [-0.2, 0) is 6.54 Å². The van der Waals surface area contributed by atoms with Crippen molar-refractivity contribution in [2.75, 3.05) is 18.7 Å². The van der Waals surface area contributed by atoms with Gasteiger partial charge in [-0.05, 0) is 43.7 Å². The molecule has 0 aromatic heterocycles. The van der Waals surface area contributed by atoms with Crippen molar-refractivity contribution in [3.8, 4) is 6.07 Å². The SMILES string of the molecule is Cc1cc(C)cc(CN2CNC(Nc3ccc(C#N)cc3)N(N)C2)c1. The molecule has 1 aliphatic heterocycles. The van der Waals surface area contributed by atoms with Crippen molar-refractivity contribution in [3.05, 3.63) is 64.7 Å². The van der Waals surface area contributed by atoms with Crippen molar-refractivity contribution < 1.29 is 0 Å². The highest BCUT2D eigenvalue weighted by molar-refractivity contribution is 5.47. The third kappa shape index (κ3) is 4.56. The first kappa shape index (κ1) is 17.4. The molecule has 1 unspecified atom stereocenters. The van der Waals surface area contributed by atoms with Gasteiger partial charge in [0.05, 0.1) is 25.0 Å². The first-order chi connectivity index (χ1) is 12.0. The van der Waals surface area contributed by atoms with E-state index in [4.69, 9.17) is 11.1 Å². The molecule has 2 aromatic rings. The fourth-order valence-corrected chi connectivity index (χ4v) is 3.15. The van der Waals surface area contributed by atoms with Crippen LogP contribution in [0, 0.1) is 25.2 Å². The van der Waals surface area contributed by atoms with E-state index in [1.54, 1.807) is 17.1 Å². The molecule has 0 bridgehead atoms. The van der Waals surface area contributed by atoms with Crippen molar-refractivity contribution in [1.82, 2.24) is 15.2 Å². The third-order valence-electron chi connectivity index (χ3n) is 4.21. The van der Waals surface area contributed by atoms with E-state index in [0.29, 0.717) is 12.2 Å². The Kier molecular flexibility index (Phi) is 5.31. The molecular formula is C19H24N6. The number of hydrazine groups is 1. The van der Waals surface area contributed by atoms with Crippen molar-refractivity contribution in [3.63, 3.8) is 0 Å². The molecule has 25 heavy (non-hydrogen) atoms. The summed E-state index contributed by atoms with van der Waals surface area (Å²) < 4.78 is 0. The highest BCUT2D eigenvalue weighted by atomic mass is 15.6. The van der Waals surface area contributed by atoms with E-state index in [1.165, 1.54) is 16.7 Å². The van der Waals surface area contributed by atoms with Gasteiger partial charge in [-0.1, -0.05) is 29.3 Å². The Morgan fingerprint density at radius 2 is 1.88 bits per heavy atom. The van der Waals surface area contributed by atoms with Gasteiger partial charge in [-0.25, -0.2) is 0 Å². The first-order valence-corrected chi connectivity index (χ1v) is 8.34. The summed E-state index contributed by atoms with van der Waals surface area (Å²) in [6.07, 6.45) is -0.150. The number of nitrogens with one attached hydrogen (secondary N) is 2. The first-order valence-electron chi connectivity index (χ1n) is 8.34. The number of nitrogens with zero attached hydrogens (tertiary/aromatic N) is 3. The minimum atomic E-state index is -0.150. The van der Waals surface area contributed by atoms with E-state index < -0.39 is 0 Å². The summed E-state index contributed by atoms with van der Waals surface area (Å²) >= 11 is 0. The number of hydrogen-bond acceptors (Lipinski definition) is 6. The van der Waals surface area contributed by atoms with E-state index in [9.17, 15) is 0 Å². The summed E-state index contributed by atoms with van der Waals surface area (Å²) in [5.74, 6) is 6.20. The van der Waals surface area contributed by atoms with Gasteiger partial charge in [-0.2, -0.15) is 10.3 Å². The van der Waals surface area contributed by atoms with Gasteiger partial charge >= 0.3 is 0 Å². The average molecular weight is 336 g/mol. The fraction of sp³-hybridized carbons (Fsp3) is 0.316. The van der Waals surface area contributed by atoms with Crippen LogP contribution in [0.2, 0.25) is 0 Å². The number of nitrogens with two attached hydrogens (primary N) is 1. The smallest absolute Gasteiger partial charge is 0.149 e. The molecule has 1 aliphatic rings. The van der Waals surface area contributed by atoms with Crippen molar-refractivity contribution in [2.24, 2.45) is 5.84 Å². The molecule has 1 saturated heterocycles. The number of aryl methyl sites for hydroxylation is 2. The van der Waals surface area contributed by atoms with Crippen LogP contribution >= 0.6 is 0 Å². The van der Waals surface area contributed by atoms with Crippen LogP contribution in [0.1, 0.15) is 22.3 Å². The molecule has 6 heteroatoms. The second-order valence-electron chi connectivity index (χ2n) is 6.58. The molecule has 4 N–H and O–H groups in total. The molecule has 1 fully saturated rings. The molecule has 0 saturated carbocycles. The molecule has 0 amide bonds. The fourth-order valence-electron chi connectivity index (χ4n) is 3.15. The van der Waals surface area contributed by atoms with Gasteiger partial charge in [0.1, 0.15) is 6.29 Å². The van der Waals surface area contributed by atoms with Crippen molar-refractivity contribution >= 4 is 5.69 Å². The lowest BCUT2D eigenvalue weighted by Crippen LogP contribution is -2.64. The zero-order valence-corrected chi connectivity index (χ0v) is 14.7. The molecule has 2 aromatic carbocycles. The molecule has 3 rings (SSSR count).